The van der Waals surface area contributed by atoms with Crippen molar-refractivity contribution in [3.63, 3.8) is 0 Å². The largest absolute Gasteiger partial charge is 0.390 e. The maximum Gasteiger partial charge on any atom is 0.190 e. The third-order valence-electron chi connectivity index (χ3n) is 5.51. The Hall–Kier alpha value is -0.360. The molecule has 162 valence electrons. The lowest BCUT2D eigenvalue weighted by atomic mass is 9.92. The number of ether oxygens (including phenoxy) is 7. The van der Waals surface area contributed by atoms with Crippen molar-refractivity contribution in [2.75, 3.05) is 6.61 Å². The van der Waals surface area contributed by atoms with Gasteiger partial charge in [-0.3, -0.25) is 0 Å². The highest BCUT2D eigenvalue weighted by molar-refractivity contribution is 5.02. The predicted octanol–water partition coefficient (Wildman–Crippen LogP) is 0.646. The Labute approximate surface area is 165 Å². The normalized spacial score (nSPS) is 45.4. The van der Waals surface area contributed by atoms with Gasteiger partial charge in [0.1, 0.15) is 30.5 Å². The van der Waals surface area contributed by atoms with Crippen LogP contribution < -0.4 is 0 Å². The highest BCUT2D eigenvalue weighted by Crippen LogP contribution is 2.45. The Bertz CT molecular complexity index is 592. The molecule has 0 radical (unpaired) electrons. The molecule has 4 fully saturated rings. The topological polar surface area (TPSA) is 105 Å². The van der Waals surface area contributed by atoms with Crippen LogP contribution in [0, 0.1) is 0 Å². The second-order valence-electron chi connectivity index (χ2n) is 9.37. The molecule has 9 nitrogen and oxygen atoms in total. The third-order valence-corrected chi connectivity index (χ3v) is 5.51. The standard InChI is InChI=1S/C19H32O9/c1-17(2)22-8-11(24-17)9(20)7-10(21)12-13-14(26-18(3,4)25-13)15-16(23-12)28-19(5,6)27-15/h9-16,20-21H,7-8H2,1-6H3/t9-,10+,11+,12+,13-,14-,15+,16+/m0/s1. The van der Waals surface area contributed by atoms with E-state index >= 15 is 0 Å². The lowest BCUT2D eigenvalue weighted by molar-refractivity contribution is -0.255. The molecule has 4 aliphatic rings. The lowest BCUT2D eigenvalue weighted by Gasteiger charge is -2.39. The molecule has 0 aromatic carbocycles. The van der Waals surface area contributed by atoms with Gasteiger partial charge in [-0.25, -0.2) is 0 Å². The van der Waals surface area contributed by atoms with E-state index < -0.39 is 66.4 Å². The van der Waals surface area contributed by atoms with Crippen LogP contribution in [0.2, 0.25) is 0 Å². The van der Waals surface area contributed by atoms with Gasteiger partial charge in [0.2, 0.25) is 0 Å². The van der Waals surface area contributed by atoms with E-state index in [9.17, 15) is 10.2 Å². The van der Waals surface area contributed by atoms with Crippen LogP contribution in [-0.4, -0.2) is 83.2 Å². The van der Waals surface area contributed by atoms with E-state index in [0.717, 1.165) is 0 Å². The molecule has 0 bridgehead atoms. The number of rotatable bonds is 4. The van der Waals surface area contributed by atoms with Gasteiger partial charge in [0.05, 0.1) is 18.8 Å². The molecular weight excluding hydrogens is 372 g/mol. The monoisotopic (exact) mass is 404 g/mol. The average molecular weight is 404 g/mol. The van der Waals surface area contributed by atoms with Crippen LogP contribution in [-0.2, 0) is 33.2 Å². The lowest BCUT2D eigenvalue weighted by Crippen LogP contribution is -2.59. The Kier molecular flexibility index (Phi) is 5.10. The van der Waals surface area contributed by atoms with Crippen LogP contribution in [0.15, 0.2) is 0 Å². The second-order valence-corrected chi connectivity index (χ2v) is 9.37. The molecule has 28 heavy (non-hydrogen) atoms. The smallest absolute Gasteiger partial charge is 0.190 e. The van der Waals surface area contributed by atoms with Crippen LogP contribution >= 0.6 is 0 Å². The molecule has 2 N–H and O–H groups in total. The molecule has 0 amide bonds. The summed E-state index contributed by atoms with van der Waals surface area (Å²) in [5.74, 6) is -2.41. The SMILES string of the molecule is CC1(C)O[C@@H]2[C@H](O1)[C@H]1OC(C)(C)O[C@H]1O[C@@H]2[C@H](O)C[C@H](O)[C@H]1COC(C)(C)O1. The van der Waals surface area contributed by atoms with Crippen LogP contribution in [0.3, 0.4) is 0 Å². The fourth-order valence-electron chi connectivity index (χ4n) is 4.39. The van der Waals surface area contributed by atoms with Crippen molar-refractivity contribution < 1.29 is 43.4 Å². The van der Waals surface area contributed by atoms with Gasteiger partial charge in [-0.2, -0.15) is 0 Å². The van der Waals surface area contributed by atoms with Crippen molar-refractivity contribution in [3.8, 4) is 0 Å². The molecule has 4 saturated heterocycles. The highest BCUT2D eigenvalue weighted by atomic mass is 16.9. The average Bonchev–Trinajstić information content (AvgIpc) is 3.16. The fourth-order valence-corrected chi connectivity index (χ4v) is 4.39. The van der Waals surface area contributed by atoms with Crippen molar-refractivity contribution in [3.05, 3.63) is 0 Å². The first-order valence-corrected chi connectivity index (χ1v) is 9.90. The molecule has 4 rings (SSSR count). The molecule has 0 aromatic rings. The molecule has 8 atom stereocenters. The Morgan fingerprint density at radius 1 is 0.750 bits per heavy atom. The van der Waals surface area contributed by atoms with Gasteiger partial charge < -0.3 is 43.4 Å². The summed E-state index contributed by atoms with van der Waals surface area (Å²) >= 11 is 0. The number of aliphatic hydroxyl groups excluding tert-OH is 2. The van der Waals surface area contributed by atoms with Crippen LogP contribution in [0.5, 0.6) is 0 Å². The van der Waals surface area contributed by atoms with Gasteiger partial charge in [0.25, 0.3) is 0 Å². The van der Waals surface area contributed by atoms with E-state index in [1.807, 2.05) is 13.8 Å². The summed E-state index contributed by atoms with van der Waals surface area (Å²) in [5.41, 5.74) is 0. The van der Waals surface area contributed by atoms with E-state index in [1.54, 1.807) is 27.7 Å². The quantitative estimate of drug-likeness (QED) is 0.698. The first kappa shape index (κ1) is 20.9. The zero-order valence-corrected chi connectivity index (χ0v) is 17.3. The molecule has 0 aromatic heterocycles. The number of fused-ring (bicyclic) bond motifs is 3. The van der Waals surface area contributed by atoms with E-state index in [2.05, 4.69) is 0 Å². The van der Waals surface area contributed by atoms with Gasteiger partial charge in [-0.1, -0.05) is 0 Å². The maximum absolute atomic E-state index is 10.9. The second kappa shape index (κ2) is 6.83. The molecule has 4 heterocycles. The van der Waals surface area contributed by atoms with Crippen LogP contribution in [0.25, 0.3) is 0 Å². The minimum atomic E-state index is -1.01. The molecule has 0 saturated carbocycles. The van der Waals surface area contributed by atoms with E-state index in [0.29, 0.717) is 0 Å². The summed E-state index contributed by atoms with van der Waals surface area (Å²) in [7, 11) is 0. The summed E-state index contributed by atoms with van der Waals surface area (Å²) < 4.78 is 41.1. The molecule has 4 aliphatic heterocycles. The number of aliphatic hydroxyl groups is 2. The van der Waals surface area contributed by atoms with Gasteiger partial charge >= 0.3 is 0 Å². The van der Waals surface area contributed by atoms with Gasteiger partial charge in [-0.05, 0) is 41.5 Å². The van der Waals surface area contributed by atoms with E-state index in [-0.39, 0.29) is 13.0 Å². The third kappa shape index (κ3) is 3.97. The van der Waals surface area contributed by atoms with Gasteiger partial charge in [0.15, 0.2) is 23.7 Å². The van der Waals surface area contributed by atoms with Gasteiger partial charge in [0, 0.05) is 6.42 Å². The molecular formula is C19H32O9. The Morgan fingerprint density at radius 2 is 1.36 bits per heavy atom. The van der Waals surface area contributed by atoms with Gasteiger partial charge in [-0.15, -0.1) is 0 Å². The maximum atomic E-state index is 10.9. The molecule has 0 aliphatic carbocycles. The number of hydrogen-bond donors (Lipinski definition) is 2. The van der Waals surface area contributed by atoms with Crippen molar-refractivity contribution in [2.45, 2.75) is 114 Å². The zero-order valence-electron chi connectivity index (χ0n) is 17.3. The van der Waals surface area contributed by atoms with Crippen molar-refractivity contribution in [2.24, 2.45) is 0 Å². The van der Waals surface area contributed by atoms with Crippen molar-refractivity contribution in [1.29, 1.82) is 0 Å². The molecule has 0 unspecified atom stereocenters. The summed E-state index contributed by atoms with van der Waals surface area (Å²) in [4.78, 5) is 0. The summed E-state index contributed by atoms with van der Waals surface area (Å²) in [5, 5.41) is 21.4. The van der Waals surface area contributed by atoms with E-state index in [1.165, 1.54) is 0 Å². The molecule has 0 spiro atoms. The summed E-state index contributed by atoms with van der Waals surface area (Å²) in [6.45, 7) is 11.1. The minimum absolute atomic E-state index is 0.0451. The fraction of sp³-hybridized carbons (Fsp3) is 1.00. The van der Waals surface area contributed by atoms with Crippen LogP contribution in [0.1, 0.15) is 48.0 Å². The first-order chi connectivity index (χ1) is 12.9. The zero-order chi connectivity index (χ0) is 20.5. The highest BCUT2D eigenvalue weighted by Gasteiger charge is 2.62. The minimum Gasteiger partial charge on any atom is -0.390 e. The molecule has 9 heteroatoms. The van der Waals surface area contributed by atoms with Crippen molar-refractivity contribution in [1.82, 2.24) is 0 Å². The van der Waals surface area contributed by atoms with Crippen LogP contribution in [0.4, 0.5) is 0 Å². The first-order valence-electron chi connectivity index (χ1n) is 9.90. The Balaban J connectivity index is 1.47. The number of hydrogen-bond acceptors (Lipinski definition) is 9. The Morgan fingerprint density at radius 3 is 2.00 bits per heavy atom. The summed E-state index contributed by atoms with van der Waals surface area (Å²) in [6, 6.07) is 0. The van der Waals surface area contributed by atoms with Crippen molar-refractivity contribution >= 4 is 0 Å². The van der Waals surface area contributed by atoms with E-state index in [4.69, 9.17) is 33.2 Å². The predicted molar refractivity (Wildman–Crippen MR) is 94.1 cm³/mol. The summed E-state index contributed by atoms with van der Waals surface area (Å²) in [6.07, 6.45) is -5.27.